The summed E-state index contributed by atoms with van der Waals surface area (Å²) in [6.45, 7) is 3.75. The number of nitriles is 1. The molecule has 0 saturated carbocycles. The molecule has 1 N–H and O–H groups in total. The molecule has 1 aliphatic carbocycles. The lowest BCUT2D eigenvalue weighted by Gasteiger charge is -2.13. The number of benzene rings is 1. The van der Waals surface area contributed by atoms with Gasteiger partial charge in [0.2, 0.25) is 5.91 Å². The third-order valence-electron chi connectivity index (χ3n) is 5.23. The second-order valence-electron chi connectivity index (χ2n) is 7.33. The van der Waals surface area contributed by atoms with Crippen LogP contribution in [0.5, 0.6) is 0 Å². The van der Waals surface area contributed by atoms with E-state index < -0.39 is 0 Å². The molecule has 4 rings (SSSR count). The Balaban J connectivity index is 1.52. The molecule has 1 amide bonds. The number of aryl methyl sites for hydroxylation is 2. The first-order chi connectivity index (χ1) is 14.6. The summed E-state index contributed by atoms with van der Waals surface area (Å²) in [6, 6.07) is 12.2. The molecule has 0 spiro atoms. The number of nitrogens with one attached hydrogen (secondary N) is 1. The van der Waals surface area contributed by atoms with Crippen LogP contribution in [0.25, 0.3) is 5.69 Å². The number of thioether (sulfide) groups is 1. The number of aromatic nitrogens is 3. The molecule has 1 unspecified atom stereocenters. The summed E-state index contributed by atoms with van der Waals surface area (Å²) in [5.41, 5.74) is 2.74. The van der Waals surface area contributed by atoms with E-state index >= 15 is 0 Å². The predicted octanol–water partition coefficient (Wildman–Crippen LogP) is 4.90. The van der Waals surface area contributed by atoms with Crippen molar-refractivity contribution in [2.75, 3.05) is 5.32 Å². The van der Waals surface area contributed by atoms with Crippen LogP contribution in [0.3, 0.4) is 0 Å². The minimum Gasteiger partial charge on any atom is -0.316 e. The fourth-order valence-corrected chi connectivity index (χ4v) is 5.82. The normalized spacial score (nSPS) is 14.4. The number of carbonyl (C=O) groups is 1. The second kappa shape index (κ2) is 9.02. The van der Waals surface area contributed by atoms with E-state index in [1.807, 2.05) is 48.7 Å². The van der Waals surface area contributed by atoms with Crippen LogP contribution < -0.4 is 5.32 Å². The number of fused-ring (bicyclic) bond motifs is 1. The Morgan fingerprint density at radius 1 is 1.23 bits per heavy atom. The van der Waals surface area contributed by atoms with Gasteiger partial charge in [-0.3, -0.25) is 9.36 Å². The van der Waals surface area contributed by atoms with Crippen LogP contribution in [-0.4, -0.2) is 25.9 Å². The summed E-state index contributed by atoms with van der Waals surface area (Å²) < 4.78 is 1.95. The van der Waals surface area contributed by atoms with E-state index in [-0.39, 0.29) is 11.2 Å². The van der Waals surface area contributed by atoms with E-state index in [0.717, 1.165) is 42.8 Å². The van der Waals surface area contributed by atoms with E-state index in [1.165, 1.54) is 23.1 Å². The van der Waals surface area contributed by atoms with Crippen molar-refractivity contribution < 1.29 is 4.79 Å². The van der Waals surface area contributed by atoms with Gasteiger partial charge >= 0.3 is 0 Å². The first-order valence-corrected chi connectivity index (χ1v) is 11.8. The van der Waals surface area contributed by atoms with E-state index in [0.29, 0.717) is 15.7 Å². The molecule has 0 aliphatic heterocycles. The molecule has 2 aromatic heterocycles. The third kappa shape index (κ3) is 4.13. The number of carbonyl (C=O) groups excluding carboxylic acids is 1. The Morgan fingerprint density at radius 2 is 2.00 bits per heavy atom. The van der Waals surface area contributed by atoms with Gasteiger partial charge in [-0.25, -0.2) is 0 Å². The first kappa shape index (κ1) is 20.6. The molecule has 3 aromatic rings. The molecule has 0 radical (unpaired) electrons. The Kier molecular flexibility index (Phi) is 6.21. The summed E-state index contributed by atoms with van der Waals surface area (Å²) in [4.78, 5) is 14.2. The minimum atomic E-state index is -0.385. The molecule has 1 aromatic carbocycles. The van der Waals surface area contributed by atoms with E-state index in [2.05, 4.69) is 21.6 Å². The molecule has 6 nitrogen and oxygen atoms in total. The maximum Gasteiger partial charge on any atom is 0.238 e. The summed E-state index contributed by atoms with van der Waals surface area (Å²) in [6.07, 6.45) is 5.37. The Hall–Kier alpha value is -2.63. The maximum atomic E-state index is 12.9. The topological polar surface area (TPSA) is 83.6 Å². The van der Waals surface area contributed by atoms with Crippen LogP contribution in [0.15, 0.2) is 35.5 Å². The fraction of sp³-hybridized carbons (Fsp3) is 0.364. The van der Waals surface area contributed by atoms with Crippen molar-refractivity contribution >= 4 is 34.0 Å². The molecule has 0 bridgehead atoms. The monoisotopic (exact) mass is 437 g/mol. The lowest BCUT2D eigenvalue weighted by molar-refractivity contribution is -0.115. The number of amides is 1. The molecule has 154 valence electrons. The number of anilines is 1. The number of hydrogen-bond acceptors (Lipinski definition) is 6. The van der Waals surface area contributed by atoms with Crippen LogP contribution in [0.1, 0.15) is 48.0 Å². The summed E-state index contributed by atoms with van der Waals surface area (Å²) in [5, 5.41) is 22.1. The van der Waals surface area contributed by atoms with Gasteiger partial charge < -0.3 is 5.32 Å². The average Bonchev–Trinajstić information content (AvgIpc) is 3.18. The van der Waals surface area contributed by atoms with Gasteiger partial charge in [-0.1, -0.05) is 36.4 Å². The molecule has 30 heavy (non-hydrogen) atoms. The van der Waals surface area contributed by atoms with Crippen molar-refractivity contribution in [3.8, 4) is 11.8 Å². The molecule has 1 aliphatic rings. The SMILES string of the molecule is Cc1nnc(SC(C)C(=O)Nc2sc3c(c2C#N)CCCCC3)n1-c1ccccc1. The van der Waals surface area contributed by atoms with Gasteiger partial charge in [0.05, 0.1) is 10.8 Å². The smallest absolute Gasteiger partial charge is 0.238 e. The third-order valence-corrected chi connectivity index (χ3v) is 7.48. The number of thiophene rings is 1. The molecular weight excluding hydrogens is 414 g/mol. The van der Waals surface area contributed by atoms with Crippen LogP contribution in [0.4, 0.5) is 5.00 Å². The zero-order valence-electron chi connectivity index (χ0n) is 17.0. The van der Waals surface area contributed by atoms with Gasteiger partial charge in [0, 0.05) is 10.6 Å². The zero-order valence-corrected chi connectivity index (χ0v) is 18.6. The van der Waals surface area contributed by atoms with Crippen LogP contribution >= 0.6 is 23.1 Å². The number of nitrogens with zero attached hydrogens (tertiary/aromatic N) is 4. The fourth-order valence-electron chi connectivity index (χ4n) is 3.67. The van der Waals surface area contributed by atoms with Gasteiger partial charge in [0.1, 0.15) is 16.9 Å². The van der Waals surface area contributed by atoms with Gasteiger partial charge in [-0.2, -0.15) is 5.26 Å². The lowest BCUT2D eigenvalue weighted by Crippen LogP contribution is -2.23. The van der Waals surface area contributed by atoms with Gasteiger partial charge in [0.25, 0.3) is 0 Å². The highest BCUT2D eigenvalue weighted by molar-refractivity contribution is 8.00. The quantitative estimate of drug-likeness (QED) is 0.453. The average molecular weight is 438 g/mol. The predicted molar refractivity (Wildman–Crippen MR) is 120 cm³/mol. The second-order valence-corrected chi connectivity index (χ2v) is 9.74. The Labute approximate surface area is 184 Å². The molecule has 2 heterocycles. The van der Waals surface area contributed by atoms with Crippen molar-refractivity contribution in [1.82, 2.24) is 14.8 Å². The van der Waals surface area contributed by atoms with Crippen LogP contribution in [0.2, 0.25) is 0 Å². The van der Waals surface area contributed by atoms with E-state index in [1.54, 1.807) is 11.3 Å². The van der Waals surface area contributed by atoms with Crippen molar-refractivity contribution in [1.29, 1.82) is 5.26 Å². The van der Waals surface area contributed by atoms with Gasteiger partial charge in [-0.15, -0.1) is 21.5 Å². The van der Waals surface area contributed by atoms with Crippen LogP contribution in [-0.2, 0) is 17.6 Å². The Morgan fingerprint density at radius 3 is 2.77 bits per heavy atom. The van der Waals surface area contributed by atoms with Gasteiger partial charge in [-0.05, 0) is 57.2 Å². The summed E-state index contributed by atoms with van der Waals surface area (Å²) in [7, 11) is 0. The largest absolute Gasteiger partial charge is 0.316 e. The van der Waals surface area contributed by atoms with Gasteiger partial charge in [0.15, 0.2) is 5.16 Å². The van der Waals surface area contributed by atoms with E-state index in [9.17, 15) is 10.1 Å². The standard InChI is InChI=1S/C22H23N5OS2/c1-14(29-22-26-25-15(2)27(22)16-9-5-3-6-10-16)20(28)24-21-18(13-23)17-11-7-4-8-12-19(17)30-21/h3,5-6,9-10,14H,4,7-8,11-12H2,1-2H3,(H,24,28). The molecule has 8 heteroatoms. The molecule has 0 fully saturated rings. The summed E-state index contributed by atoms with van der Waals surface area (Å²) in [5.74, 6) is 0.637. The number of hydrogen-bond donors (Lipinski definition) is 1. The van der Waals surface area contributed by atoms with Crippen LogP contribution in [0, 0.1) is 18.3 Å². The number of rotatable bonds is 5. The maximum absolute atomic E-state index is 12.9. The lowest BCUT2D eigenvalue weighted by atomic mass is 10.1. The molecule has 0 saturated heterocycles. The highest BCUT2D eigenvalue weighted by atomic mass is 32.2. The highest BCUT2D eigenvalue weighted by Gasteiger charge is 2.24. The summed E-state index contributed by atoms with van der Waals surface area (Å²) >= 11 is 2.92. The zero-order chi connectivity index (χ0) is 21.1. The highest BCUT2D eigenvalue weighted by Crippen LogP contribution is 2.37. The molecular formula is C22H23N5OS2. The minimum absolute atomic E-state index is 0.131. The molecule has 1 atom stereocenters. The van der Waals surface area contributed by atoms with Crippen molar-refractivity contribution in [3.05, 3.63) is 52.2 Å². The Bertz CT molecular complexity index is 1100. The van der Waals surface area contributed by atoms with E-state index in [4.69, 9.17) is 0 Å². The first-order valence-electron chi connectivity index (χ1n) is 10.1. The number of para-hydroxylation sites is 1. The van der Waals surface area contributed by atoms with Crippen molar-refractivity contribution in [2.24, 2.45) is 0 Å². The van der Waals surface area contributed by atoms with Crippen molar-refractivity contribution in [3.63, 3.8) is 0 Å². The van der Waals surface area contributed by atoms with Crippen molar-refractivity contribution in [2.45, 2.75) is 56.4 Å².